The van der Waals surface area contributed by atoms with Gasteiger partial charge in [0.2, 0.25) is 5.95 Å². The minimum Gasteiger partial charge on any atom is -0.338 e. The number of fused-ring (bicyclic) bond motifs is 3. The Morgan fingerprint density at radius 3 is 2.68 bits per heavy atom. The standard InChI is InChI=1S/C22H20Cl2N6O/c1-13-12-28(9-10-29(13)21(31)16-5-3-4-6-18(16)24)22-25-19-11-15(23)7-8-17(19)20-27-26-14(2)30(20)22/h3-8,11,13H,9-10,12H2,1-2H3. The van der Waals surface area contributed by atoms with E-state index in [-0.39, 0.29) is 11.9 Å². The summed E-state index contributed by atoms with van der Waals surface area (Å²) < 4.78 is 1.97. The highest BCUT2D eigenvalue weighted by molar-refractivity contribution is 6.33. The van der Waals surface area contributed by atoms with Gasteiger partial charge in [0.1, 0.15) is 5.82 Å². The van der Waals surface area contributed by atoms with E-state index >= 15 is 0 Å². The van der Waals surface area contributed by atoms with Gasteiger partial charge < -0.3 is 9.80 Å². The summed E-state index contributed by atoms with van der Waals surface area (Å²) in [5.41, 5.74) is 2.04. The van der Waals surface area contributed by atoms with Crippen molar-refractivity contribution in [2.45, 2.75) is 19.9 Å². The van der Waals surface area contributed by atoms with Crippen LogP contribution in [0.4, 0.5) is 5.95 Å². The Labute approximate surface area is 189 Å². The van der Waals surface area contributed by atoms with Crippen LogP contribution in [0.25, 0.3) is 16.6 Å². The molecule has 5 rings (SSSR count). The van der Waals surface area contributed by atoms with Gasteiger partial charge in [-0.1, -0.05) is 35.3 Å². The largest absolute Gasteiger partial charge is 0.338 e. The molecule has 1 fully saturated rings. The van der Waals surface area contributed by atoms with Gasteiger partial charge in [-0.2, -0.15) is 0 Å². The van der Waals surface area contributed by atoms with Crippen molar-refractivity contribution >= 4 is 51.6 Å². The second kappa shape index (κ2) is 7.66. The molecule has 0 N–H and O–H groups in total. The van der Waals surface area contributed by atoms with Gasteiger partial charge in [-0.3, -0.25) is 4.79 Å². The molecule has 7 nitrogen and oxygen atoms in total. The van der Waals surface area contributed by atoms with Crippen LogP contribution in [-0.4, -0.2) is 56.1 Å². The number of hydrogen-bond donors (Lipinski definition) is 0. The highest BCUT2D eigenvalue weighted by Gasteiger charge is 2.31. The molecule has 1 saturated heterocycles. The topological polar surface area (TPSA) is 66.6 Å². The second-order valence-electron chi connectivity index (χ2n) is 7.75. The first kappa shape index (κ1) is 20.0. The predicted molar refractivity (Wildman–Crippen MR) is 122 cm³/mol. The molecule has 1 atom stereocenters. The number of amides is 1. The van der Waals surface area contributed by atoms with Gasteiger partial charge in [0, 0.05) is 36.1 Å². The molecule has 1 aliphatic rings. The number of halogens is 2. The van der Waals surface area contributed by atoms with E-state index < -0.39 is 0 Å². The number of carbonyl (C=O) groups is 1. The molecule has 31 heavy (non-hydrogen) atoms. The maximum atomic E-state index is 13.1. The summed E-state index contributed by atoms with van der Waals surface area (Å²) in [6.07, 6.45) is 0. The fourth-order valence-corrected chi connectivity index (χ4v) is 4.55. The Balaban J connectivity index is 1.50. The predicted octanol–water partition coefficient (Wildman–Crippen LogP) is 4.24. The van der Waals surface area contributed by atoms with Crippen molar-refractivity contribution in [3.63, 3.8) is 0 Å². The van der Waals surface area contributed by atoms with E-state index in [1.54, 1.807) is 12.1 Å². The fraction of sp³-hybridized carbons (Fsp3) is 0.273. The molecule has 0 bridgehead atoms. The van der Waals surface area contributed by atoms with E-state index in [9.17, 15) is 4.79 Å². The number of carbonyl (C=O) groups excluding carboxylic acids is 1. The molecular weight excluding hydrogens is 435 g/mol. The Bertz CT molecular complexity index is 1320. The third kappa shape index (κ3) is 3.38. The van der Waals surface area contributed by atoms with Crippen LogP contribution in [0.1, 0.15) is 23.1 Å². The quantitative estimate of drug-likeness (QED) is 0.452. The van der Waals surface area contributed by atoms with Crippen molar-refractivity contribution in [1.82, 2.24) is 24.5 Å². The highest BCUT2D eigenvalue weighted by atomic mass is 35.5. The lowest BCUT2D eigenvalue weighted by atomic mass is 10.1. The highest BCUT2D eigenvalue weighted by Crippen LogP contribution is 2.28. The Kier molecular flexibility index (Phi) is 4.95. The van der Waals surface area contributed by atoms with E-state index in [0.29, 0.717) is 35.2 Å². The minimum atomic E-state index is -0.0540. The molecule has 9 heteroatoms. The summed E-state index contributed by atoms with van der Waals surface area (Å²) in [6, 6.07) is 12.7. The number of piperazine rings is 1. The molecule has 3 heterocycles. The molecular formula is C22H20Cl2N6O. The van der Waals surface area contributed by atoms with Crippen LogP contribution >= 0.6 is 23.2 Å². The molecule has 1 aliphatic heterocycles. The van der Waals surface area contributed by atoms with Crippen molar-refractivity contribution in [1.29, 1.82) is 0 Å². The van der Waals surface area contributed by atoms with Crippen LogP contribution in [-0.2, 0) is 0 Å². The first-order valence-electron chi connectivity index (χ1n) is 10.1. The van der Waals surface area contributed by atoms with Crippen LogP contribution in [0.15, 0.2) is 42.5 Å². The van der Waals surface area contributed by atoms with Crippen LogP contribution in [0, 0.1) is 6.92 Å². The van der Waals surface area contributed by atoms with Crippen molar-refractivity contribution < 1.29 is 4.79 Å². The minimum absolute atomic E-state index is 0.0267. The second-order valence-corrected chi connectivity index (χ2v) is 8.60. The van der Waals surface area contributed by atoms with Gasteiger partial charge in [0.15, 0.2) is 5.65 Å². The number of nitrogens with zero attached hydrogens (tertiary/aromatic N) is 6. The van der Waals surface area contributed by atoms with Gasteiger partial charge in [-0.05, 0) is 44.2 Å². The van der Waals surface area contributed by atoms with Crippen LogP contribution in [0.2, 0.25) is 10.0 Å². The van der Waals surface area contributed by atoms with E-state index in [1.807, 2.05) is 53.5 Å². The summed E-state index contributed by atoms with van der Waals surface area (Å²) in [7, 11) is 0. The third-order valence-electron chi connectivity index (χ3n) is 5.72. The Morgan fingerprint density at radius 1 is 1.10 bits per heavy atom. The lowest BCUT2D eigenvalue weighted by molar-refractivity contribution is 0.0673. The third-order valence-corrected chi connectivity index (χ3v) is 6.29. The Hall–Kier alpha value is -2.90. The monoisotopic (exact) mass is 454 g/mol. The maximum absolute atomic E-state index is 13.1. The number of aromatic nitrogens is 4. The van der Waals surface area contributed by atoms with E-state index in [2.05, 4.69) is 15.1 Å². The van der Waals surface area contributed by atoms with E-state index in [0.717, 1.165) is 28.3 Å². The smallest absolute Gasteiger partial charge is 0.255 e. The van der Waals surface area contributed by atoms with Crippen molar-refractivity contribution in [3.8, 4) is 0 Å². The first-order valence-corrected chi connectivity index (χ1v) is 10.8. The summed E-state index contributed by atoms with van der Waals surface area (Å²) in [5, 5.41) is 10.6. The first-order chi connectivity index (χ1) is 14.9. The summed E-state index contributed by atoms with van der Waals surface area (Å²) >= 11 is 12.5. The van der Waals surface area contributed by atoms with Crippen molar-refractivity contribution in [2.75, 3.05) is 24.5 Å². The zero-order valence-corrected chi connectivity index (χ0v) is 18.6. The number of benzene rings is 2. The molecule has 4 aromatic rings. The van der Waals surface area contributed by atoms with E-state index in [1.165, 1.54) is 0 Å². The van der Waals surface area contributed by atoms with Gasteiger partial charge in [0.25, 0.3) is 5.91 Å². The average molecular weight is 455 g/mol. The van der Waals surface area contributed by atoms with Crippen LogP contribution < -0.4 is 4.90 Å². The molecule has 2 aromatic heterocycles. The number of rotatable bonds is 2. The molecule has 0 spiro atoms. The molecule has 0 aliphatic carbocycles. The molecule has 1 unspecified atom stereocenters. The zero-order chi connectivity index (χ0) is 21.7. The van der Waals surface area contributed by atoms with Crippen LogP contribution in [0.3, 0.4) is 0 Å². The zero-order valence-electron chi connectivity index (χ0n) is 17.1. The fourth-order valence-electron chi connectivity index (χ4n) is 4.16. The lowest BCUT2D eigenvalue weighted by Gasteiger charge is -2.40. The summed E-state index contributed by atoms with van der Waals surface area (Å²) in [4.78, 5) is 22.0. The normalized spacial score (nSPS) is 17.0. The van der Waals surface area contributed by atoms with Crippen molar-refractivity contribution in [2.24, 2.45) is 0 Å². The van der Waals surface area contributed by atoms with Gasteiger partial charge in [-0.15, -0.1) is 10.2 Å². The molecule has 2 aromatic carbocycles. The van der Waals surface area contributed by atoms with Crippen molar-refractivity contribution in [3.05, 3.63) is 63.9 Å². The molecule has 0 radical (unpaired) electrons. The van der Waals surface area contributed by atoms with Gasteiger partial charge in [0.05, 0.1) is 16.1 Å². The summed E-state index contributed by atoms with van der Waals surface area (Å²) in [6.45, 7) is 5.76. The SMILES string of the molecule is Cc1nnc2c3ccc(Cl)cc3nc(N3CCN(C(=O)c4ccccc4Cl)C(C)C3)n12. The molecule has 0 saturated carbocycles. The van der Waals surface area contributed by atoms with Crippen LogP contribution in [0.5, 0.6) is 0 Å². The number of anilines is 1. The van der Waals surface area contributed by atoms with E-state index in [4.69, 9.17) is 28.2 Å². The Morgan fingerprint density at radius 2 is 1.90 bits per heavy atom. The summed E-state index contributed by atoms with van der Waals surface area (Å²) in [5.74, 6) is 1.46. The number of aryl methyl sites for hydroxylation is 1. The maximum Gasteiger partial charge on any atom is 0.255 e. The van der Waals surface area contributed by atoms with Gasteiger partial charge in [-0.25, -0.2) is 9.38 Å². The van der Waals surface area contributed by atoms with Gasteiger partial charge >= 0.3 is 0 Å². The lowest BCUT2D eigenvalue weighted by Crippen LogP contribution is -2.54. The average Bonchev–Trinajstić information content (AvgIpc) is 3.14. The number of hydrogen-bond acceptors (Lipinski definition) is 5. The molecule has 158 valence electrons. The molecule has 1 amide bonds.